The molecule has 2 N–H and O–H groups in total. The fourth-order valence-electron chi connectivity index (χ4n) is 2.35. The van der Waals surface area contributed by atoms with E-state index >= 15 is 0 Å². The van der Waals surface area contributed by atoms with Crippen molar-refractivity contribution >= 4 is 33.4 Å². The SMILES string of the molecule is CC1CC(N)CCN1C(=O)c1cc(Cl)cc(Br)c1. The van der Waals surface area contributed by atoms with Gasteiger partial charge in [0, 0.05) is 33.7 Å². The van der Waals surface area contributed by atoms with Crippen LogP contribution in [0.1, 0.15) is 30.1 Å². The Labute approximate surface area is 120 Å². The number of nitrogens with zero attached hydrogens (tertiary/aromatic N) is 1. The van der Waals surface area contributed by atoms with E-state index < -0.39 is 0 Å². The third-order valence-corrected chi connectivity index (χ3v) is 3.96. The first-order chi connectivity index (χ1) is 8.47. The molecule has 1 aromatic rings. The predicted molar refractivity (Wildman–Crippen MR) is 76.9 cm³/mol. The first-order valence-corrected chi connectivity index (χ1v) is 7.17. The number of piperidine rings is 1. The second-order valence-corrected chi connectivity index (χ2v) is 6.14. The molecule has 5 heteroatoms. The van der Waals surface area contributed by atoms with Crippen molar-refractivity contribution in [2.24, 2.45) is 5.73 Å². The van der Waals surface area contributed by atoms with Crippen molar-refractivity contribution in [3.05, 3.63) is 33.3 Å². The number of hydrogen-bond acceptors (Lipinski definition) is 2. The topological polar surface area (TPSA) is 46.3 Å². The number of carbonyl (C=O) groups excluding carboxylic acids is 1. The molecule has 3 nitrogen and oxygen atoms in total. The van der Waals surface area contributed by atoms with Gasteiger partial charge in [0.2, 0.25) is 0 Å². The monoisotopic (exact) mass is 330 g/mol. The van der Waals surface area contributed by atoms with E-state index in [0.29, 0.717) is 17.1 Å². The maximum absolute atomic E-state index is 12.4. The van der Waals surface area contributed by atoms with Crippen LogP contribution >= 0.6 is 27.5 Å². The maximum atomic E-state index is 12.4. The molecule has 1 aliphatic heterocycles. The van der Waals surface area contributed by atoms with Crippen LogP contribution in [0, 0.1) is 0 Å². The summed E-state index contributed by atoms with van der Waals surface area (Å²) in [6.07, 6.45) is 1.71. The van der Waals surface area contributed by atoms with E-state index in [1.54, 1.807) is 18.2 Å². The number of hydrogen-bond donors (Lipinski definition) is 1. The summed E-state index contributed by atoms with van der Waals surface area (Å²) in [6, 6.07) is 5.66. The normalized spacial score (nSPS) is 24.1. The highest BCUT2D eigenvalue weighted by Crippen LogP contribution is 2.23. The minimum Gasteiger partial charge on any atom is -0.336 e. The molecule has 1 amide bonds. The van der Waals surface area contributed by atoms with Crippen molar-refractivity contribution in [1.82, 2.24) is 4.90 Å². The van der Waals surface area contributed by atoms with Gasteiger partial charge in [0.05, 0.1) is 0 Å². The molecule has 98 valence electrons. The molecule has 0 bridgehead atoms. The van der Waals surface area contributed by atoms with Gasteiger partial charge in [0.25, 0.3) is 5.91 Å². The van der Waals surface area contributed by atoms with Crippen molar-refractivity contribution in [2.75, 3.05) is 6.54 Å². The smallest absolute Gasteiger partial charge is 0.254 e. The van der Waals surface area contributed by atoms with Crippen LogP contribution in [0.15, 0.2) is 22.7 Å². The summed E-state index contributed by atoms with van der Waals surface area (Å²) >= 11 is 9.33. The van der Waals surface area contributed by atoms with Gasteiger partial charge in [0.1, 0.15) is 0 Å². The number of rotatable bonds is 1. The average Bonchev–Trinajstić information content (AvgIpc) is 2.26. The summed E-state index contributed by atoms with van der Waals surface area (Å²) in [5.74, 6) is 0.0256. The molecular weight excluding hydrogens is 316 g/mol. The molecule has 0 saturated carbocycles. The molecule has 2 unspecified atom stereocenters. The van der Waals surface area contributed by atoms with Gasteiger partial charge in [0.15, 0.2) is 0 Å². The summed E-state index contributed by atoms with van der Waals surface area (Å²) in [5, 5.41) is 0.564. The van der Waals surface area contributed by atoms with Gasteiger partial charge in [-0.2, -0.15) is 0 Å². The Morgan fingerprint density at radius 2 is 2.22 bits per heavy atom. The van der Waals surface area contributed by atoms with Crippen molar-refractivity contribution in [2.45, 2.75) is 31.8 Å². The molecule has 18 heavy (non-hydrogen) atoms. The quantitative estimate of drug-likeness (QED) is 0.859. The number of benzene rings is 1. The van der Waals surface area contributed by atoms with Crippen LogP contribution in [0.2, 0.25) is 5.02 Å². The van der Waals surface area contributed by atoms with Crippen LogP contribution in [0.25, 0.3) is 0 Å². The fraction of sp³-hybridized carbons (Fsp3) is 0.462. The molecule has 2 rings (SSSR count). The first-order valence-electron chi connectivity index (χ1n) is 6.00. The van der Waals surface area contributed by atoms with Gasteiger partial charge in [-0.25, -0.2) is 0 Å². The van der Waals surface area contributed by atoms with E-state index in [2.05, 4.69) is 15.9 Å². The van der Waals surface area contributed by atoms with Gasteiger partial charge >= 0.3 is 0 Å². The molecule has 0 radical (unpaired) electrons. The number of amides is 1. The lowest BCUT2D eigenvalue weighted by molar-refractivity contribution is 0.0619. The minimum atomic E-state index is 0.0256. The van der Waals surface area contributed by atoms with E-state index in [0.717, 1.165) is 17.3 Å². The Balaban J connectivity index is 2.20. The molecule has 1 fully saturated rings. The lowest BCUT2D eigenvalue weighted by atomic mass is 9.98. The van der Waals surface area contributed by atoms with Crippen LogP contribution < -0.4 is 5.73 Å². The Kier molecular flexibility index (Phi) is 4.30. The van der Waals surface area contributed by atoms with Gasteiger partial charge in [-0.05, 0) is 38.0 Å². The zero-order chi connectivity index (χ0) is 13.3. The average molecular weight is 332 g/mol. The summed E-state index contributed by atoms with van der Waals surface area (Å²) in [6.45, 7) is 2.75. The third-order valence-electron chi connectivity index (χ3n) is 3.29. The highest BCUT2D eigenvalue weighted by atomic mass is 79.9. The zero-order valence-corrected chi connectivity index (χ0v) is 12.5. The second-order valence-electron chi connectivity index (χ2n) is 4.79. The van der Waals surface area contributed by atoms with Gasteiger partial charge in [-0.3, -0.25) is 4.79 Å². The Bertz CT molecular complexity index is 446. The number of likely N-dealkylation sites (tertiary alicyclic amines) is 1. The summed E-state index contributed by atoms with van der Waals surface area (Å²) in [5.41, 5.74) is 6.53. The summed E-state index contributed by atoms with van der Waals surface area (Å²) in [4.78, 5) is 14.3. The van der Waals surface area contributed by atoms with Gasteiger partial charge < -0.3 is 10.6 Å². The van der Waals surface area contributed by atoms with Crippen molar-refractivity contribution in [3.8, 4) is 0 Å². The Hall–Kier alpha value is -0.580. The molecule has 1 saturated heterocycles. The number of carbonyl (C=O) groups is 1. The number of nitrogens with two attached hydrogens (primary N) is 1. The third kappa shape index (κ3) is 3.05. The van der Waals surface area contributed by atoms with Crippen LogP contribution in [0.5, 0.6) is 0 Å². The van der Waals surface area contributed by atoms with E-state index in [1.807, 2.05) is 11.8 Å². The van der Waals surface area contributed by atoms with Crippen LogP contribution in [-0.4, -0.2) is 29.4 Å². The molecule has 2 atom stereocenters. The zero-order valence-electron chi connectivity index (χ0n) is 10.2. The molecule has 0 aliphatic carbocycles. The van der Waals surface area contributed by atoms with Crippen LogP contribution in [-0.2, 0) is 0 Å². The van der Waals surface area contributed by atoms with Crippen molar-refractivity contribution in [3.63, 3.8) is 0 Å². The molecule has 1 heterocycles. The Morgan fingerprint density at radius 3 is 2.83 bits per heavy atom. The molecule has 0 aromatic heterocycles. The van der Waals surface area contributed by atoms with Crippen LogP contribution in [0.3, 0.4) is 0 Å². The molecule has 0 spiro atoms. The van der Waals surface area contributed by atoms with Crippen molar-refractivity contribution < 1.29 is 4.79 Å². The van der Waals surface area contributed by atoms with E-state index in [4.69, 9.17) is 17.3 Å². The summed E-state index contributed by atoms with van der Waals surface area (Å²) < 4.78 is 0.819. The lowest BCUT2D eigenvalue weighted by Crippen LogP contribution is -2.48. The van der Waals surface area contributed by atoms with E-state index in [9.17, 15) is 4.79 Å². The lowest BCUT2D eigenvalue weighted by Gasteiger charge is -2.36. The second kappa shape index (κ2) is 5.59. The predicted octanol–water partition coefficient (Wildman–Crippen LogP) is 3.05. The molecule has 1 aromatic carbocycles. The van der Waals surface area contributed by atoms with E-state index in [-0.39, 0.29) is 18.0 Å². The highest BCUT2D eigenvalue weighted by Gasteiger charge is 2.27. The highest BCUT2D eigenvalue weighted by molar-refractivity contribution is 9.10. The maximum Gasteiger partial charge on any atom is 0.254 e. The first kappa shape index (κ1) is 13.8. The molecular formula is C13H16BrClN2O. The van der Waals surface area contributed by atoms with Crippen LogP contribution in [0.4, 0.5) is 0 Å². The minimum absolute atomic E-state index is 0.0256. The van der Waals surface area contributed by atoms with Crippen molar-refractivity contribution in [1.29, 1.82) is 0 Å². The standard InChI is InChI=1S/C13H16BrClN2O/c1-8-4-12(16)2-3-17(8)13(18)9-5-10(14)7-11(15)6-9/h5-8,12H,2-4,16H2,1H3. The Morgan fingerprint density at radius 1 is 1.50 bits per heavy atom. The van der Waals surface area contributed by atoms with E-state index in [1.165, 1.54) is 0 Å². The van der Waals surface area contributed by atoms with Gasteiger partial charge in [-0.15, -0.1) is 0 Å². The number of halogens is 2. The largest absolute Gasteiger partial charge is 0.336 e. The molecule has 1 aliphatic rings. The van der Waals surface area contributed by atoms with Gasteiger partial charge in [-0.1, -0.05) is 27.5 Å². The summed E-state index contributed by atoms with van der Waals surface area (Å²) in [7, 11) is 0. The fourth-order valence-corrected chi connectivity index (χ4v) is 3.21.